The van der Waals surface area contributed by atoms with Gasteiger partial charge in [-0.1, -0.05) is 24.3 Å². The molecule has 1 N–H and O–H groups in total. The zero-order valence-corrected chi connectivity index (χ0v) is 13.4. The maximum Gasteiger partial charge on any atom is 0.325 e. The predicted octanol–water partition coefficient (Wildman–Crippen LogP) is 1.75. The van der Waals surface area contributed by atoms with Crippen LogP contribution in [0, 0.1) is 0 Å². The minimum absolute atomic E-state index is 0.0763. The van der Waals surface area contributed by atoms with Gasteiger partial charge in [-0.25, -0.2) is 9.78 Å². The summed E-state index contributed by atoms with van der Waals surface area (Å²) < 4.78 is 1.95. The lowest BCUT2D eigenvalue weighted by molar-refractivity contribution is -0.131. The average molecular weight is 324 g/mol. The van der Waals surface area contributed by atoms with Gasteiger partial charge >= 0.3 is 6.03 Å². The number of aryl methyl sites for hydroxylation is 2. The molecule has 6 heteroatoms. The number of nitrogens with one attached hydrogen (secondary N) is 1. The van der Waals surface area contributed by atoms with E-state index < -0.39 is 5.54 Å². The van der Waals surface area contributed by atoms with E-state index in [2.05, 4.69) is 22.4 Å². The van der Waals surface area contributed by atoms with Crippen molar-refractivity contribution in [3.05, 3.63) is 54.1 Å². The molecule has 1 fully saturated rings. The number of hydrogen-bond donors (Lipinski definition) is 1. The molecule has 1 aromatic heterocycles. The van der Waals surface area contributed by atoms with Crippen LogP contribution < -0.4 is 5.32 Å². The molecule has 1 aliphatic heterocycles. The van der Waals surface area contributed by atoms with E-state index in [9.17, 15) is 9.59 Å². The molecule has 6 nitrogen and oxygen atoms in total. The van der Waals surface area contributed by atoms with Gasteiger partial charge in [0.2, 0.25) is 0 Å². The molecular formula is C18H20N4O2. The quantitative estimate of drug-likeness (QED) is 0.871. The first-order chi connectivity index (χ1) is 11.7. The Bertz CT molecular complexity index is 771. The predicted molar refractivity (Wildman–Crippen MR) is 88.3 cm³/mol. The van der Waals surface area contributed by atoms with Crippen molar-refractivity contribution in [1.82, 2.24) is 19.8 Å². The monoisotopic (exact) mass is 324 g/mol. The fraction of sp³-hybridized carbons (Fsp3) is 0.389. The van der Waals surface area contributed by atoms with Crippen molar-refractivity contribution in [3.63, 3.8) is 0 Å². The van der Waals surface area contributed by atoms with E-state index in [-0.39, 0.29) is 11.9 Å². The van der Waals surface area contributed by atoms with Crippen LogP contribution in [0.4, 0.5) is 4.79 Å². The second-order valence-corrected chi connectivity index (χ2v) is 6.57. The Kier molecular flexibility index (Phi) is 3.59. The molecule has 2 aliphatic rings. The molecular weight excluding hydrogens is 304 g/mol. The minimum atomic E-state index is -0.750. The zero-order valence-electron chi connectivity index (χ0n) is 13.4. The van der Waals surface area contributed by atoms with Gasteiger partial charge in [-0.2, -0.15) is 0 Å². The van der Waals surface area contributed by atoms with Gasteiger partial charge in [0, 0.05) is 31.9 Å². The van der Waals surface area contributed by atoms with Crippen LogP contribution >= 0.6 is 0 Å². The molecule has 124 valence electrons. The van der Waals surface area contributed by atoms with Crippen LogP contribution in [0.3, 0.4) is 0 Å². The number of urea groups is 1. The lowest BCUT2D eigenvalue weighted by Gasteiger charge is -2.32. The first-order valence-electron chi connectivity index (χ1n) is 8.35. The highest BCUT2D eigenvalue weighted by Gasteiger charge is 2.51. The van der Waals surface area contributed by atoms with E-state index in [0.29, 0.717) is 19.4 Å². The van der Waals surface area contributed by atoms with Crippen LogP contribution in [-0.4, -0.2) is 38.5 Å². The third-order valence-electron chi connectivity index (χ3n) is 5.03. The van der Waals surface area contributed by atoms with E-state index in [0.717, 1.165) is 24.9 Å². The maximum absolute atomic E-state index is 12.9. The highest BCUT2D eigenvalue weighted by molar-refractivity contribution is 6.07. The molecule has 0 radical (unpaired) electrons. The maximum atomic E-state index is 12.9. The van der Waals surface area contributed by atoms with Crippen molar-refractivity contribution in [2.24, 2.45) is 0 Å². The van der Waals surface area contributed by atoms with Gasteiger partial charge in [-0.3, -0.25) is 9.69 Å². The van der Waals surface area contributed by atoms with Crippen LogP contribution in [0.15, 0.2) is 43.0 Å². The molecule has 24 heavy (non-hydrogen) atoms. The molecule has 1 atom stereocenters. The Morgan fingerprint density at radius 3 is 2.79 bits per heavy atom. The van der Waals surface area contributed by atoms with Crippen LogP contribution in [0.5, 0.6) is 0 Å². The molecule has 4 rings (SSSR count). The van der Waals surface area contributed by atoms with E-state index in [1.54, 1.807) is 12.5 Å². The molecule has 1 unspecified atom stereocenters. The van der Waals surface area contributed by atoms with Crippen molar-refractivity contribution in [2.45, 2.75) is 37.8 Å². The number of imidazole rings is 1. The highest BCUT2D eigenvalue weighted by atomic mass is 16.2. The number of amides is 3. The summed E-state index contributed by atoms with van der Waals surface area (Å²) in [6, 6.07) is 7.91. The normalized spacial score (nSPS) is 22.8. The minimum Gasteiger partial charge on any atom is -0.337 e. The van der Waals surface area contributed by atoms with Crippen LogP contribution in [-0.2, 0) is 24.2 Å². The third kappa shape index (κ3) is 2.48. The number of benzene rings is 1. The van der Waals surface area contributed by atoms with E-state index in [1.165, 1.54) is 10.5 Å². The summed E-state index contributed by atoms with van der Waals surface area (Å²) in [4.78, 5) is 30.6. The van der Waals surface area contributed by atoms with Gasteiger partial charge in [0.15, 0.2) is 0 Å². The Balaban J connectivity index is 1.45. The Morgan fingerprint density at radius 2 is 2.00 bits per heavy atom. The van der Waals surface area contributed by atoms with Gasteiger partial charge < -0.3 is 9.88 Å². The third-order valence-corrected chi connectivity index (χ3v) is 5.03. The second-order valence-electron chi connectivity index (χ2n) is 6.57. The van der Waals surface area contributed by atoms with Crippen molar-refractivity contribution < 1.29 is 9.59 Å². The Morgan fingerprint density at radius 1 is 1.17 bits per heavy atom. The van der Waals surface area contributed by atoms with Gasteiger partial charge in [-0.15, -0.1) is 0 Å². The molecule has 2 heterocycles. The van der Waals surface area contributed by atoms with Crippen LogP contribution in [0.1, 0.15) is 24.0 Å². The summed E-state index contributed by atoms with van der Waals surface area (Å²) in [6.07, 6.45) is 8.16. The summed E-state index contributed by atoms with van der Waals surface area (Å²) in [5, 5.41) is 2.97. The number of carbonyl (C=O) groups excluding carboxylic acids is 2. The molecule has 1 aromatic carbocycles. The lowest BCUT2D eigenvalue weighted by Crippen LogP contribution is -2.51. The number of imide groups is 1. The largest absolute Gasteiger partial charge is 0.337 e. The van der Waals surface area contributed by atoms with Gasteiger partial charge in [-0.05, 0) is 30.4 Å². The SMILES string of the molecule is O=C1NC2(CCc3ccccc3C2)C(=O)N1CCCn1ccnc1. The smallest absolute Gasteiger partial charge is 0.325 e. The summed E-state index contributed by atoms with van der Waals surface area (Å²) in [7, 11) is 0. The Labute approximate surface area is 140 Å². The summed E-state index contributed by atoms with van der Waals surface area (Å²) >= 11 is 0. The molecule has 2 aromatic rings. The number of hydrogen-bond acceptors (Lipinski definition) is 3. The zero-order chi connectivity index (χ0) is 16.6. The lowest BCUT2D eigenvalue weighted by atomic mass is 9.78. The first kappa shape index (κ1) is 14.9. The molecule has 1 aliphatic carbocycles. The fourth-order valence-electron chi connectivity index (χ4n) is 3.73. The number of rotatable bonds is 4. The van der Waals surface area contributed by atoms with Crippen molar-refractivity contribution in [1.29, 1.82) is 0 Å². The summed E-state index contributed by atoms with van der Waals surface area (Å²) in [5.74, 6) is -0.0763. The molecule has 1 spiro atoms. The standard InChI is InChI=1S/C18H20N4O2/c23-16-18(7-6-14-4-1-2-5-15(14)12-18)20-17(24)22(16)10-3-9-21-11-8-19-13-21/h1-2,4-5,8,11,13H,3,6-7,9-10,12H2,(H,20,24). The number of aromatic nitrogens is 2. The fourth-order valence-corrected chi connectivity index (χ4v) is 3.73. The second kappa shape index (κ2) is 5.78. The molecule has 0 saturated carbocycles. The number of fused-ring (bicyclic) bond motifs is 1. The van der Waals surface area contributed by atoms with Gasteiger partial charge in [0.25, 0.3) is 5.91 Å². The highest BCUT2D eigenvalue weighted by Crippen LogP contribution is 2.33. The van der Waals surface area contributed by atoms with Crippen molar-refractivity contribution in [2.75, 3.05) is 6.54 Å². The molecule has 3 amide bonds. The number of nitrogens with zero attached hydrogens (tertiary/aromatic N) is 3. The Hall–Kier alpha value is -2.63. The van der Waals surface area contributed by atoms with Crippen molar-refractivity contribution >= 4 is 11.9 Å². The van der Waals surface area contributed by atoms with Crippen LogP contribution in [0.25, 0.3) is 0 Å². The van der Waals surface area contributed by atoms with E-state index in [1.807, 2.05) is 22.9 Å². The molecule has 0 bridgehead atoms. The van der Waals surface area contributed by atoms with Crippen molar-refractivity contribution in [3.8, 4) is 0 Å². The summed E-state index contributed by atoms with van der Waals surface area (Å²) in [6.45, 7) is 1.18. The topological polar surface area (TPSA) is 67.2 Å². The van der Waals surface area contributed by atoms with Gasteiger partial charge in [0.1, 0.15) is 5.54 Å². The van der Waals surface area contributed by atoms with Crippen LogP contribution in [0.2, 0.25) is 0 Å². The average Bonchev–Trinajstić information content (AvgIpc) is 3.18. The number of carbonyl (C=O) groups is 2. The molecule has 1 saturated heterocycles. The first-order valence-corrected chi connectivity index (χ1v) is 8.35. The van der Waals surface area contributed by atoms with E-state index in [4.69, 9.17) is 0 Å². The van der Waals surface area contributed by atoms with E-state index >= 15 is 0 Å². The van der Waals surface area contributed by atoms with Gasteiger partial charge in [0.05, 0.1) is 6.33 Å². The summed E-state index contributed by atoms with van der Waals surface area (Å²) in [5.41, 5.74) is 1.70.